The van der Waals surface area contributed by atoms with Crippen LogP contribution in [0.5, 0.6) is 0 Å². The molecule has 1 amide bonds. The number of halogens is 3. The first-order chi connectivity index (χ1) is 15.2. The number of rotatable bonds is 6. The SMILES string of the molecule is CC(C)CCN1C(=CC=C2SC(=S)N(CC(=O)O)C2=O)C(C)(C)c2cc(C(F)(F)F)ccc21. The Bertz CT molecular complexity index is 1060. The van der Waals surface area contributed by atoms with E-state index in [1.807, 2.05) is 18.7 Å². The minimum Gasteiger partial charge on any atom is -0.480 e. The number of thiocarbonyl (C=S) groups is 1. The Balaban J connectivity index is 2.04. The zero-order chi connectivity index (χ0) is 24.7. The Morgan fingerprint density at radius 1 is 1.24 bits per heavy atom. The second-order valence-corrected chi connectivity index (χ2v) is 10.6. The molecular formula is C23H25F3N2O3S2. The molecule has 0 aliphatic carbocycles. The summed E-state index contributed by atoms with van der Waals surface area (Å²) in [6.07, 6.45) is -0.301. The number of hydrogen-bond acceptors (Lipinski definition) is 5. The number of carbonyl (C=O) groups is 2. The Morgan fingerprint density at radius 3 is 2.48 bits per heavy atom. The Hall–Kier alpha value is -2.33. The van der Waals surface area contributed by atoms with Gasteiger partial charge in [0.2, 0.25) is 0 Å². The summed E-state index contributed by atoms with van der Waals surface area (Å²) in [4.78, 5) is 26.9. The van der Waals surface area contributed by atoms with Crippen molar-refractivity contribution in [1.29, 1.82) is 0 Å². The van der Waals surface area contributed by atoms with Crippen molar-refractivity contribution in [2.24, 2.45) is 5.92 Å². The van der Waals surface area contributed by atoms with Gasteiger partial charge in [0.15, 0.2) is 0 Å². The molecule has 178 valence electrons. The highest BCUT2D eigenvalue weighted by atomic mass is 32.2. The van der Waals surface area contributed by atoms with Gasteiger partial charge in [-0.15, -0.1) is 0 Å². The van der Waals surface area contributed by atoms with E-state index in [9.17, 15) is 22.8 Å². The van der Waals surface area contributed by atoms with Crippen LogP contribution < -0.4 is 4.90 Å². The van der Waals surface area contributed by atoms with Gasteiger partial charge in [-0.05, 0) is 48.3 Å². The fourth-order valence-corrected chi connectivity index (χ4v) is 5.12. The number of amides is 1. The molecular weight excluding hydrogens is 473 g/mol. The predicted octanol–water partition coefficient (Wildman–Crippen LogP) is 5.56. The molecule has 1 aromatic rings. The van der Waals surface area contributed by atoms with Crippen molar-refractivity contribution in [2.75, 3.05) is 18.0 Å². The lowest BCUT2D eigenvalue weighted by atomic mass is 9.83. The van der Waals surface area contributed by atoms with E-state index in [1.165, 1.54) is 12.1 Å². The lowest BCUT2D eigenvalue weighted by Crippen LogP contribution is -2.33. The summed E-state index contributed by atoms with van der Waals surface area (Å²) in [6.45, 7) is 7.96. The van der Waals surface area contributed by atoms with Gasteiger partial charge in [0.1, 0.15) is 10.9 Å². The number of allylic oxidation sites excluding steroid dienone is 3. The molecule has 1 saturated heterocycles. The molecule has 0 spiro atoms. The summed E-state index contributed by atoms with van der Waals surface area (Å²) in [5.74, 6) is -1.27. The first-order valence-electron chi connectivity index (χ1n) is 10.4. The maximum Gasteiger partial charge on any atom is 0.416 e. The fraction of sp³-hybridized carbons (Fsp3) is 0.435. The smallest absolute Gasteiger partial charge is 0.416 e. The predicted molar refractivity (Wildman–Crippen MR) is 127 cm³/mol. The number of benzene rings is 1. The van der Waals surface area contributed by atoms with Crippen LogP contribution in [0.25, 0.3) is 0 Å². The largest absolute Gasteiger partial charge is 0.480 e. The van der Waals surface area contributed by atoms with Gasteiger partial charge in [0.05, 0.1) is 10.5 Å². The molecule has 0 bridgehead atoms. The number of aliphatic carboxylic acids is 1. The van der Waals surface area contributed by atoms with Crippen LogP contribution in [0.15, 0.2) is 41.0 Å². The first-order valence-corrected chi connectivity index (χ1v) is 11.6. The Morgan fingerprint density at radius 2 is 1.91 bits per heavy atom. The molecule has 2 aliphatic rings. The number of carboxylic acids is 1. The van der Waals surface area contributed by atoms with Crippen molar-refractivity contribution in [3.8, 4) is 0 Å². The molecule has 2 aliphatic heterocycles. The summed E-state index contributed by atoms with van der Waals surface area (Å²) in [5, 5.41) is 9.00. The highest BCUT2D eigenvalue weighted by molar-refractivity contribution is 8.26. The highest BCUT2D eigenvalue weighted by Gasteiger charge is 2.42. The van der Waals surface area contributed by atoms with Gasteiger partial charge >= 0.3 is 12.1 Å². The number of thioether (sulfide) groups is 1. The first kappa shape index (κ1) is 25.3. The van der Waals surface area contributed by atoms with Gasteiger partial charge in [0, 0.05) is 23.3 Å². The van der Waals surface area contributed by atoms with Crippen LogP contribution in [-0.4, -0.2) is 39.3 Å². The molecule has 1 N–H and O–H groups in total. The number of nitrogens with zero attached hydrogens (tertiary/aromatic N) is 2. The summed E-state index contributed by atoms with van der Waals surface area (Å²) in [6, 6.07) is 3.80. The normalized spacial score (nSPS) is 20.5. The second-order valence-electron chi connectivity index (χ2n) is 8.92. The van der Waals surface area contributed by atoms with Gasteiger partial charge in [-0.25, -0.2) is 0 Å². The molecule has 2 heterocycles. The van der Waals surface area contributed by atoms with Gasteiger partial charge in [-0.2, -0.15) is 13.2 Å². The van der Waals surface area contributed by atoms with Crippen LogP contribution in [0.4, 0.5) is 18.9 Å². The van der Waals surface area contributed by atoms with Crippen molar-refractivity contribution in [3.63, 3.8) is 0 Å². The van der Waals surface area contributed by atoms with Gasteiger partial charge < -0.3 is 10.0 Å². The third-order valence-electron chi connectivity index (χ3n) is 5.71. The van der Waals surface area contributed by atoms with Crippen LogP contribution in [0, 0.1) is 5.92 Å². The molecule has 3 rings (SSSR count). The molecule has 0 atom stereocenters. The van der Waals surface area contributed by atoms with Crippen molar-refractivity contribution in [1.82, 2.24) is 4.90 Å². The molecule has 0 unspecified atom stereocenters. The van der Waals surface area contributed by atoms with Crippen molar-refractivity contribution < 1.29 is 27.9 Å². The molecule has 1 aromatic carbocycles. The minimum absolute atomic E-state index is 0.160. The molecule has 0 saturated carbocycles. The molecule has 33 heavy (non-hydrogen) atoms. The number of hydrogen-bond donors (Lipinski definition) is 1. The quantitative estimate of drug-likeness (QED) is 0.409. The van der Waals surface area contributed by atoms with Crippen LogP contribution >= 0.6 is 24.0 Å². The number of anilines is 1. The summed E-state index contributed by atoms with van der Waals surface area (Å²) in [7, 11) is 0. The molecule has 0 radical (unpaired) electrons. The number of alkyl halides is 3. The molecule has 1 fully saturated rings. The Kier molecular flexibility index (Phi) is 7.00. The highest BCUT2D eigenvalue weighted by Crippen LogP contribution is 2.49. The topological polar surface area (TPSA) is 60.9 Å². The van der Waals surface area contributed by atoms with Crippen LogP contribution in [0.1, 0.15) is 45.2 Å². The summed E-state index contributed by atoms with van der Waals surface area (Å²) in [5.41, 5.74) is 0.610. The lowest BCUT2D eigenvalue weighted by molar-refractivity contribution is -0.140. The van der Waals surface area contributed by atoms with E-state index < -0.39 is 35.6 Å². The van der Waals surface area contributed by atoms with Crippen LogP contribution in [0.3, 0.4) is 0 Å². The summed E-state index contributed by atoms with van der Waals surface area (Å²) < 4.78 is 40.3. The zero-order valence-electron chi connectivity index (χ0n) is 18.7. The van der Waals surface area contributed by atoms with Gasteiger partial charge in [-0.1, -0.05) is 51.7 Å². The van der Waals surface area contributed by atoms with Crippen molar-refractivity contribution in [2.45, 2.75) is 45.7 Å². The maximum absolute atomic E-state index is 13.4. The van der Waals surface area contributed by atoms with E-state index in [4.69, 9.17) is 17.3 Å². The van der Waals surface area contributed by atoms with Gasteiger partial charge in [0.25, 0.3) is 5.91 Å². The van der Waals surface area contributed by atoms with Crippen molar-refractivity contribution in [3.05, 3.63) is 52.1 Å². The third-order valence-corrected chi connectivity index (χ3v) is 7.10. The van der Waals surface area contributed by atoms with E-state index >= 15 is 0 Å². The second kappa shape index (κ2) is 9.13. The number of fused-ring (bicyclic) bond motifs is 1. The van der Waals surface area contributed by atoms with Crippen LogP contribution in [-0.2, 0) is 21.2 Å². The van der Waals surface area contributed by atoms with E-state index in [0.29, 0.717) is 23.7 Å². The number of carbonyl (C=O) groups excluding carboxylic acids is 1. The average Bonchev–Trinajstić information content (AvgIpc) is 3.07. The lowest BCUT2D eigenvalue weighted by Gasteiger charge is -2.27. The maximum atomic E-state index is 13.4. The summed E-state index contributed by atoms with van der Waals surface area (Å²) >= 11 is 6.14. The fourth-order valence-electron chi connectivity index (χ4n) is 3.92. The van der Waals surface area contributed by atoms with E-state index in [0.717, 1.165) is 34.8 Å². The van der Waals surface area contributed by atoms with E-state index in [1.54, 1.807) is 12.2 Å². The van der Waals surface area contributed by atoms with Gasteiger partial charge in [-0.3, -0.25) is 14.5 Å². The number of carboxylic acid groups (broad SMARTS) is 1. The van der Waals surface area contributed by atoms with Crippen LogP contribution in [0.2, 0.25) is 0 Å². The molecule has 5 nitrogen and oxygen atoms in total. The monoisotopic (exact) mass is 498 g/mol. The van der Waals surface area contributed by atoms with E-state index in [2.05, 4.69) is 13.8 Å². The zero-order valence-corrected chi connectivity index (χ0v) is 20.3. The van der Waals surface area contributed by atoms with Crippen molar-refractivity contribution >= 4 is 45.9 Å². The molecule has 0 aromatic heterocycles. The minimum atomic E-state index is -4.45. The Labute approximate surface area is 200 Å². The standard InChI is InChI=1S/C23H25F3N2O3S2/c1-13(2)9-10-27-16-6-5-14(23(24,25)26)11-15(16)22(3,4)18(27)8-7-17-20(31)28(12-19(29)30)21(32)33-17/h5-8,11,13H,9-10,12H2,1-4H3,(H,29,30). The molecule has 10 heteroatoms. The third kappa shape index (κ3) is 5.11. The average molecular weight is 499 g/mol. The van der Waals surface area contributed by atoms with E-state index in [-0.39, 0.29) is 9.23 Å².